The zero-order chi connectivity index (χ0) is 7.40. The number of hydrogen-bond acceptors (Lipinski definition) is 1. The van der Waals surface area contributed by atoms with Crippen LogP contribution < -0.4 is 0 Å². The van der Waals surface area contributed by atoms with Gasteiger partial charge in [0, 0.05) is 21.1 Å². The maximum absolute atomic E-state index is 8.03. The zero-order valence-corrected chi connectivity index (χ0v) is 6.54. The lowest BCUT2D eigenvalue weighted by atomic mass is 10.3. The van der Waals surface area contributed by atoms with Gasteiger partial charge in [-0.25, -0.2) is 0 Å². The number of halogens is 1. The van der Waals surface area contributed by atoms with E-state index in [1.165, 1.54) is 0 Å². The van der Waals surface area contributed by atoms with Gasteiger partial charge in [0.05, 0.1) is 0 Å². The van der Waals surface area contributed by atoms with Crippen LogP contribution >= 0.6 is 15.9 Å². The normalized spacial score (nSPS) is 8.50. The molecule has 0 spiro atoms. The second-order valence-corrected chi connectivity index (χ2v) is 2.43. The molecule has 0 aliphatic heterocycles. The molecule has 0 aromatic heterocycles. The summed E-state index contributed by atoms with van der Waals surface area (Å²) < 4.78 is 0.789. The Kier molecular flexibility index (Phi) is 2.31. The van der Waals surface area contributed by atoms with E-state index < -0.39 is 0 Å². The summed E-state index contributed by atoms with van der Waals surface area (Å²) in [6, 6.07) is 8.09. The Morgan fingerprint density at radius 3 is 3.00 bits per heavy atom. The van der Waals surface area contributed by atoms with Crippen molar-refractivity contribution in [2.75, 3.05) is 0 Å². The summed E-state index contributed by atoms with van der Waals surface area (Å²) >= 11 is 3.19. The molecular weight excluding hydrogens is 194 g/mol. The quantitative estimate of drug-likeness (QED) is 0.377. The molecule has 0 atom stereocenters. The molecule has 0 heterocycles. The highest BCUT2D eigenvalue weighted by atomic mass is 79.9. The minimum atomic E-state index is 0.497. The van der Waals surface area contributed by atoms with E-state index in [0.717, 1.165) is 4.47 Å². The van der Waals surface area contributed by atoms with Crippen molar-refractivity contribution in [2.24, 2.45) is 5.11 Å². The molecule has 4 heteroatoms. The maximum atomic E-state index is 8.03. The van der Waals surface area contributed by atoms with Crippen LogP contribution in [-0.2, 0) is 0 Å². The van der Waals surface area contributed by atoms with Crippen LogP contribution in [0.4, 0.5) is 5.69 Å². The van der Waals surface area contributed by atoms with Gasteiger partial charge >= 0.3 is 0 Å². The Balaban J connectivity index is 3.06. The molecule has 0 bridgehead atoms. The number of rotatable bonds is 1. The fourth-order valence-corrected chi connectivity index (χ4v) is 0.892. The average Bonchev–Trinajstić information content (AvgIpc) is 1.88. The molecule has 0 N–H and O–H groups in total. The van der Waals surface area contributed by atoms with Crippen LogP contribution in [-0.4, -0.2) is 0 Å². The first-order chi connectivity index (χ1) is 4.83. The topological polar surface area (TPSA) is 48.8 Å². The summed E-state index contributed by atoms with van der Waals surface area (Å²) in [5, 5.41) is 3.36. The molecule has 0 saturated heterocycles. The first kappa shape index (κ1) is 7.12. The average molecular weight is 197 g/mol. The molecule has 0 aliphatic rings. The van der Waals surface area contributed by atoms with Crippen LogP contribution in [0.15, 0.2) is 27.8 Å². The van der Waals surface area contributed by atoms with E-state index in [1.807, 2.05) is 6.07 Å². The highest BCUT2D eigenvalue weighted by Gasteiger charge is 1.87. The SMILES string of the molecule is [N-]=[N+]=Nc1[c]c(Br)ccc1. The molecule has 0 unspecified atom stereocenters. The lowest BCUT2D eigenvalue weighted by Gasteiger charge is -1.88. The van der Waals surface area contributed by atoms with Crippen molar-refractivity contribution in [3.05, 3.63) is 39.2 Å². The van der Waals surface area contributed by atoms with Gasteiger partial charge in [-0.3, -0.25) is 0 Å². The van der Waals surface area contributed by atoms with Gasteiger partial charge in [0.25, 0.3) is 0 Å². The summed E-state index contributed by atoms with van der Waals surface area (Å²) in [7, 11) is 0. The molecule has 1 radical (unpaired) electrons. The summed E-state index contributed by atoms with van der Waals surface area (Å²) in [5.74, 6) is 0. The molecule has 1 aromatic rings. The van der Waals surface area contributed by atoms with E-state index in [0.29, 0.717) is 5.69 Å². The number of benzene rings is 1. The van der Waals surface area contributed by atoms with Crippen molar-refractivity contribution in [3.8, 4) is 0 Å². The predicted molar refractivity (Wildman–Crippen MR) is 41.8 cm³/mol. The van der Waals surface area contributed by atoms with Crippen LogP contribution in [0.1, 0.15) is 0 Å². The van der Waals surface area contributed by atoms with E-state index in [1.54, 1.807) is 12.1 Å². The number of nitrogens with zero attached hydrogens (tertiary/aromatic N) is 3. The Morgan fingerprint density at radius 1 is 1.60 bits per heavy atom. The van der Waals surface area contributed by atoms with Gasteiger partial charge in [-0.15, -0.1) is 0 Å². The first-order valence-corrected chi connectivity index (χ1v) is 3.35. The van der Waals surface area contributed by atoms with E-state index in [9.17, 15) is 0 Å². The van der Waals surface area contributed by atoms with Crippen LogP contribution in [0.25, 0.3) is 10.4 Å². The molecule has 1 aromatic carbocycles. The highest BCUT2D eigenvalue weighted by Crippen LogP contribution is 2.16. The van der Waals surface area contributed by atoms with Crippen LogP contribution in [0, 0.1) is 6.07 Å². The molecule has 0 saturated carbocycles. The number of hydrogen-bond donors (Lipinski definition) is 0. The maximum Gasteiger partial charge on any atom is 0.0465 e. The third-order valence-corrected chi connectivity index (χ3v) is 1.36. The van der Waals surface area contributed by atoms with E-state index in [4.69, 9.17) is 5.53 Å². The predicted octanol–water partition coefficient (Wildman–Crippen LogP) is 3.19. The van der Waals surface area contributed by atoms with Crippen molar-refractivity contribution >= 4 is 21.6 Å². The minimum absolute atomic E-state index is 0.497. The van der Waals surface area contributed by atoms with Gasteiger partial charge in [-0.05, 0) is 11.6 Å². The fourth-order valence-electron chi connectivity index (χ4n) is 0.536. The minimum Gasteiger partial charge on any atom is -0.0606 e. The molecule has 0 aliphatic carbocycles. The highest BCUT2D eigenvalue weighted by molar-refractivity contribution is 9.10. The molecule has 10 heavy (non-hydrogen) atoms. The Hall–Kier alpha value is -0.990. The number of azide groups is 1. The van der Waals surface area contributed by atoms with Gasteiger partial charge in [0.2, 0.25) is 0 Å². The second-order valence-electron chi connectivity index (χ2n) is 1.57. The van der Waals surface area contributed by atoms with Crippen molar-refractivity contribution in [1.82, 2.24) is 0 Å². The molecule has 1 rings (SSSR count). The summed E-state index contributed by atoms with van der Waals surface area (Å²) in [5.41, 5.74) is 8.53. The molecule has 0 amide bonds. The lowest BCUT2D eigenvalue weighted by molar-refractivity contribution is 1.45. The van der Waals surface area contributed by atoms with Crippen molar-refractivity contribution in [3.63, 3.8) is 0 Å². The van der Waals surface area contributed by atoms with Crippen molar-refractivity contribution < 1.29 is 0 Å². The molecule has 0 fully saturated rings. The van der Waals surface area contributed by atoms with Gasteiger partial charge in [-0.2, -0.15) is 0 Å². The summed E-state index contributed by atoms with van der Waals surface area (Å²) in [4.78, 5) is 2.62. The summed E-state index contributed by atoms with van der Waals surface area (Å²) in [6.45, 7) is 0. The van der Waals surface area contributed by atoms with Gasteiger partial charge in [-0.1, -0.05) is 33.2 Å². The van der Waals surface area contributed by atoms with Gasteiger partial charge in [0.15, 0.2) is 0 Å². The lowest BCUT2D eigenvalue weighted by Crippen LogP contribution is -1.63. The van der Waals surface area contributed by atoms with Crippen molar-refractivity contribution in [1.29, 1.82) is 0 Å². The standard InChI is InChI=1S/C6H3BrN3/c7-5-2-1-3-6(4-5)9-10-8/h1-3H. The Labute approximate surface area is 66.4 Å². The summed E-state index contributed by atoms with van der Waals surface area (Å²) in [6.07, 6.45) is 0. The smallest absolute Gasteiger partial charge is 0.0465 e. The van der Waals surface area contributed by atoms with E-state index in [-0.39, 0.29) is 0 Å². The Bertz CT molecular complexity index is 278. The van der Waals surface area contributed by atoms with Crippen LogP contribution in [0.2, 0.25) is 0 Å². The van der Waals surface area contributed by atoms with Gasteiger partial charge < -0.3 is 0 Å². The zero-order valence-electron chi connectivity index (χ0n) is 4.95. The van der Waals surface area contributed by atoms with E-state index >= 15 is 0 Å². The largest absolute Gasteiger partial charge is 0.0606 e. The third-order valence-electron chi connectivity index (χ3n) is 0.897. The third kappa shape index (κ3) is 1.76. The molecule has 49 valence electrons. The Morgan fingerprint density at radius 2 is 2.40 bits per heavy atom. The fraction of sp³-hybridized carbons (Fsp3) is 0. The van der Waals surface area contributed by atoms with Crippen LogP contribution in [0.3, 0.4) is 0 Å². The molecule has 3 nitrogen and oxygen atoms in total. The first-order valence-electron chi connectivity index (χ1n) is 2.56. The van der Waals surface area contributed by atoms with Crippen molar-refractivity contribution in [2.45, 2.75) is 0 Å². The monoisotopic (exact) mass is 196 g/mol. The second kappa shape index (κ2) is 3.25. The molecular formula is C6H3BrN3. The van der Waals surface area contributed by atoms with Gasteiger partial charge in [0.1, 0.15) is 0 Å². The van der Waals surface area contributed by atoms with Crippen LogP contribution in [0.5, 0.6) is 0 Å². The van der Waals surface area contributed by atoms with E-state index in [2.05, 4.69) is 32.0 Å².